The fraction of sp³-hybridized carbons (Fsp3) is 0. The summed E-state index contributed by atoms with van der Waals surface area (Å²) in [5.74, 6) is 0. The van der Waals surface area contributed by atoms with Gasteiger partial charge in [0.05, 0.1) is 0 Å². The molecule has 6 N–H and O–H groups in total. The van der Waals surface area contributed by atoms with Crippen LogP contribution < -0.4 is 16.8 Å². The van der Waals surface area contributed by atoms with E-state index in [2.05, 4.69) is 16.4 Å². The first-order chi connectivity index (χ1) is 9.61. The molecule has 0 atom stereocenters. The molecule has 0 fully saturated rings. The Morgan fingerprint density at radius 2 is 1.80 bits per heavy atom. The summed E-state index contributed by atoms with van der Waals surface area (Å²) in [5.41, 5.74) is 15.2. The summed E-state index contributed by atoms with van der Waals surface area (Å²) in [5, 5.41) is 3.62. The lowest BCUT2D eigenvalue weighted by Gasteiger charge is -2.00. The number of carbonyl (C=O) groups is 1. The number of nitrogen functional groups attached to an aromatic ring is 1. The number of benzene rings is 2. The van der Waals surface area contributed by atoms with Gasteiger partial charge in [-0.05, 0) is 35.9 Å². The number of aromatic nitrogens is 1. The number of fused-ring (bicyclic) bond motifs is 1. The predicted molar refractivity (Wildman–Crippen MR) is 81.4 cm³/mol. The summed E-state index contributed by atoms with van der Waals surface area (Å²) in [6.45, 7) is 0. The van der Waals surface area contributed by atoms with Crippen molar-refractivity contribution in [3.63, 3.8) is 0 Å². The molecule has 1 heterocycles. The van der Waals surface area contributed by atoms with E-state index in [4.69, 9.17) is 11.5 Å². The van der Waals surface area contributed by atoms with Crippen LogP contribution in [0.1, 0.15) is 0 Å². The number of hydrogen-bond acceptors (Lipinski definition) is 2. The van der Waals surface area contributed by atoms with Gasteiger partial charge < -0.3 is 21.8 Å². The van der Waals surface area contributed by atoms with Gasteiger partial charge in [-0.25, -0.2) is 4.79 Å². The Balaban J connectivity index is 2.01. The average molecular weight is 266 g/mol. The van der Waals surface area contributed by atoms with Crippen molar-refractivity contribution in [1.82, 2.24) is 4.98 Å². The van der Waals surface area contributed by atoms with Crippen LogP contribution in [0.4, 0.5) is 16.2 Å². The van der Waals surface area contributed by atoms with E-state index in [0.717, 1.165) is 27.8 Å². The number of nitrogens with one attached hydrogen (secondary N) is 2. The van der Waals surface area contributed by atoms with Gasteiger partial charge in [-0.3, -0.25) is 0 Å². The van der Waals surface area contributed by atoms with E-state index in [1.807, 2.05) is 42.5 Å². The quantitative estimate of drug-likeness (QED) is 0.536. The van der Waals surface area contributed by atoms with Gasteiger partial charge in [0, 0.05) is 28.0 Å². The number of amides is 2. The highest BCUT2D eigenvalue weighted by molar-refractivity contribution is 5.93. The molecule has 1 aromatic heterocycles. The zero-order chi connectivity index (χ0) is 14.1. The maximum atomic E-state index is 10.9. The molecule has 100 valence electrons. The van der Waals surface area contributed by atoms with Crippen molar-refractivity contribution in [2.24, 2.45) is 5.73 Å². The minimum atomic E-state index is -0.574. The molecule has 0 aliphatic rings. The van der Waals surface area contributed by atoms with Gasteiger partial charge in [0.1, 0.15) is 0 Å². The third-order valence-electron chi connectivity index (χ3n) is 3.11. The average Bonchev–Trinajstić information content (AvgIpc) is 2.81. The number of anilines is 2. The van der Waals surface area contributed by atoms with E-state index in [9.17, 15) is 4.79 Å². The number of H-pyrrole nitrogens is 1. The number of carbonyl (C=O) groups excluding carboxylic acids is 1. The van der Waals surface area contributed by atoms with Crippen LogP contribution in [0.3, 0.4) is 0 Å². The highest BCUT2D eigenvalue weighted by atomic mass is 16.2. The van der Waals surface area contributed by atoms with Crippen molar-refractivity contribution in [1.29, 1.82) is 0 Å². The normalized spacial score (nSPS) is 10.6. The van der Waals surface area contributed by atoms with Crippen LogP contribution in [0.2, 0.25) is 0 Å². The van der Waals surface area contributed by atoms with Crippen LogP contribution in [0, 0.1) is 0 Å². The number of urea groups is 1. The highest BCUT2D eigenvalue weighted by Gasteiger charge is 2.05. The number of hydrogen-bond donors (Lipinski definition) is 4. The Labute approximate surface area is 115 Å². The Morgan fingerprint density at radius 1 is 1.05 bits per heavy atom. The summed E-state index contributed by atoms with van der Waals surface area (Å²) in [4.78, 5) is 14.2. The van der Waals surface area contributed by atoms with Crippen molar-refractivity contribution < 1.29 is 4.79 Å². The smallest absolute Gasteiger partial charge is 0.316 e. The molecule has 2 aromatic carbocycles. The molecule has 5 nitrogen and oxygen atoms in total. The van der Waals surface area contributed by atoms with E-state index in [-0.39, 0.29) is 0 Å². The lowest BCUT2D eigenvalue weighted by Crippen LogP contribution is -2.19. The molecule has 0 aliphatic heterocycles. The maximum absolute atomic E-state index is 10.9. The Kier molecular flexibility index (Phi) is 2.80. The number of primary amides is 1. The zero-order valence-corrected chi connectivity index (χ0v) is 10.7. The monoisotopic (exact) mass is 266 g/mol. The minimum Gasteiger partial charge on any atom is -0.399 e. The fourth-order valence-electron chi connectivity index (χ4n) is 2.17. The zero-order valence-electron chi connectivity index (χ0n) is 10.7. The van der Waals surface area contributed by atoms with Gasteiger partial charge in [-0.2, -0.15) is 0 Å². The summed E-state index contributed by atoms with van der Waals surface area (Å²) in [6.07, 6.45) is 0. The molecule has 5 heteroatoms. The lowest BCUT2D eigenvalue weighted by atomic mass is 10.1. The van der Waals surface area contributed by atoms with Crippen molar-refractivity contribution in [2.45, 2.75) is 0 Å². The second kappa shape index (κ2) is 4.62. The molecule has 0 saturated carbocycles. The van der Waals surface area contributed by atoms with Crippen LogP contribution in [0.5, 0.6) is 0 Å². The summed E-state index contributed by atoms with van der Waals surface area (Å²) >= 11 is 0. The summed E-state index contributed by atoms with van der Waals surface area (Å²) in [7, 11) is 0. The topological polar surface area (TPSA) is 96.9 Å². The molecular formula is C15H14N4O. The van der Waals surface area contributed by atoms with E-state index >= 15 is 0 Å². The highest BCUT2D eigenvalue weighted by Crippen LogP contribution is 2.26. The standard InChI is InChI=1S/C15H14N4O/c16-11-4-1-9(2-5-11)13-7-10-3-6-12(18-15(17)20)8-14(10)19-13/h1-8,19H,16H2,(H3,17,18,20). The van der Waals surface area contributed by atoms with Crippen LogP contribution in [0.25, 0.3) is 22.2 Å². The molecule has 0 saturated heterocycles. The lowest BCUT2D eigenvalue weighted by molar-refractivity contribution is 0.259. The molecule has 2 amide bonds. The predicted octanol–water partition coefficient (Wildman–Crippen LogP) is 2.91. The van der Waals surface area contributed by atoms with E-state index < -0.39 is 6.03 Å². The molecular weight excluding hydrogens is 252 g/mol. The SMILES string of the molecule is NC(=O)Nc1ccc2cc(-c3ccc(N)cc3)[nH]c2c1. The second-order valence-electron chi connectivity index (χ2n) is 4.60. The van der Waals surface area contributed by atoms with Gasteiger partial charge in [-0.1, -0.05) is 18.2 Å². The van der Waals surface area contributed by atoms with Crippen LogP contribution in [0.15, 0.2) is 48.5 Å². The maximum Gasteiger partial charge on any atom is 0.316 e. The summed E-state index contributed by atoms with van der Waals surface area (Å²) in [6, 6.07) is 14.7. The first-order valence-corrected chi connectivity index (χ1v) is 6.17. The van der Waals surface area contributed by atoms with Crippen LogP contribution in [-0.4, -0.2) is 11.0 Å². The second-order valence-corrected chi connectivity index (χ2v) is 4.60. The Morgan fingerprint density at radius 3 is 2.50 bits per heavy atom. The fourth-order valence-corrected chi connectivity index (χ4v) is 2.17. The van der Waals surface area contributed by atoms with E-state index in [1.165, 1.54) is 0 Å². The van der Waals surface area contributed by atoms with Gasteiger partial charge in [0.25, 0.3) is 0 Å². The van der Waals surface area contributed by atoms with Crippen LogP contribution in [-0.2, 0) is 0 Å². The van der Waals surface area contributed by atoms with Crippen molar-refractivity contribution in [2.75, 3.05) is 11.1 Å². The van der Waals surface area contributed by atoms with E-state index in [0.29, 0.717) is 5.69 Å². The molecule has 0 unspecified atom stereocenters. The first kappa shape index (κ1) is 12.1. The molecule has 0 aliphatic carbocycles. The number of aromatic amines is 1. The number of rotatable bonds is 2. The molecule has 3 rings (SSSR count). The van der Waals surface area contributed by atoms with Gasteiger partial charge in [-0.15, -0.1) is 0 Å². The summed E-state index contributed by atoms with van der Waals surface area (Å²) < 4.78 is 0. The third-order valence-corrected chi connectivity index (χ3v) is 3.11. The molecule has 20 heavy (non-hydrogen) atoms. The Hall–Kier alpha value is -2.95. The van der Waals surface area contributed by atoms with Gasteiger partial charge in [0.2, 0.25) is 0 Å². The van der Waals surface area contributed by atoms with E-state index in [1.54, 1.807) is 0 Å². The largest absolute Gasteiger partial charge is 0.399 e. The van der Waals surface area contributed by atoms with Crippen molar-refractivity contribution in [3.8, 4) is 11.3 Å². The van der Waals surface area contributed by atoms with Gasteiger partial charge in [0.15, 0.2) is 0 Å². The third kappa shape index (κ3) is 2.29. The molecule has 0 spiro atoms. The first-order valence-electron chi connectivity index (χ1n) is 6.17. The van der Waals surface area contributed by atoms with Gasteiger partial charge >= 0.3 is 6.03 Å². The minimum absolute atomic E-state index is 0.574. The van der Waals surface area contributed by atoms with Crippen molar-refractivity contribution >= 4 is 28.3 Å². The molecule has 0 bridgehead atoms. The Bertz CT molecular complexity index is 774. The van der Waals surface area contributed by atoms with Crippen molar-refractivity contribution in [3.05, 3.63) is 48.5 Å². The molecule has 3 aromatic rings. The number of nitrogens with two attached hydrogens (primary N) is 2. The molecule has 0 radical (unpaired) electrons. The van der Waals surface area contributed by atoms with Crippen LogP contribution >= 0.6 is 0 Å².